The number of hydrogen-bond donors (Lipinski definition) is 1. The molecule has 0 fully saturated rings. The molecule has 0 spiro atoms. The van der Waals surface area contributed by atoms with Gasteiger partial charge in [-0.1, -0.05) is 13.8 Å². The monoisotopic (exact) mass is 448 g/mol. The predicted molar refractivity (Wildman–Crippen MR) is 112 cm³/mol. The van der Waals surface area contributed by atoms with Crippen molar-refractivity contribution in [2.24, 2.45) is 0 Å². The van der Waals surface area contributed by atoms with Gasteiger partial charge in [0.25, 0.3) is 5.91 Å². The van der Waals surface area contributed by atoms with Crippen LogP contribution in [0.4, 0.5) is 18.9 Å². The van der Waals surface area contributed by atoms with Gasteiger partial charge in [0.05, 0.1) is 29.6 Å². The second-order valence-corrected chi connectivity index (χ2v) is 7.23. The Morgan fingerprint density at radius 1 is 1.09 bits per heavy atom. The van der Waals surface area contributed by atoms with Crippen LogP contribution in [0.3, 0.4) is 0 Å². The van der Waals surface area contributed by atoms with Crippen LogP contribution < -0.4 is 10.1 Å². The molecule has 0 bridgehead atoms. The Balaban J connectivity index is 1.79. The first-order chi connectivity index (χ1) is 15.2. The van der Waals surface area contributed by atoms with E-state index in [2.05, 4.69) is 15.4 Å². The number of hydrogen-bond acceptors (Lipinski definition) is 5. The fourth-order valence-corrected chi connectivity index (χ4v) is 3.03. The van der Waals surface area contributed by atoms with Crippen molar-refractivity contribution in [3.63, 3.8) is 0 Å². The highest BCUT2D eigenvalue weighted by molar-refractivity contribution is 6.05. The molecule has 0 radical (unpaired) electrons. The number of nitrogens with one attached hydrogen (secondary N) is 1. The van der Waals surface area contributed by atoms with E-state index in [1.807, 2.05) is 13.8 Å². The lowest BCUT2D eigenvalue weighted by Crippen LogP contribution is -2.16. The van der Waals surface area contributed by atoms with Gasteiger partial charge in [-0.3, -0.25) is 4.79 Å². The second kappa shape index (κ2) is 9.82. The van der Waals surface area contributed by atoms with Crippen LogP contribution in [0.2, 0.25) is 0 Å². The Labute approximate surface area is 183 Å². The summed E-state index contributed by atoms with van der Waals surface area (Å²) in [5.41, 5.74) is 0.549. The van der Waals surface area contributed by atoms with E-state index in [0.29, 0.717) is 35.9 Å². The standard InChI is InChI=1S/C22H23F3N4O3/c1-14(2)20-18(13-27-29(20)19-9-4-15(12-26-19)22(23,24)25)21(30)28-16-5-7-17(8-6-16)32-11-10-31-3/h4-9,12-14H,10-11H2,1-3H3,(H,28,30). The van der Waals surface area contributed by atoms with E-state index in [-0.39, 0.29) is 17.6 Å². The van der Waals surface area contributed by atoms with Gasteiger partial charge >= 0.3 is 6.18 Å². The van der Waals surface area contributed by atoms with Crippen LogP contribution in [-0.2, 0) is 10.9 Å². The summed E-state index contributed by atoms with van der Waals surface area (Å²) in [4.78, 5) is 16.8. The number of ether oxygens (including phenoxy) is 2. The molecule has 0 atom stereocenters. The third-order valence-electron chi connectivity index (χ3n) is 4.56. The number of benzene rings is 1. The van der Waals surface area contributed by atoms with Crippen molar-refractivity contribution >= 4 is 11.6 Å². The normalized spacial score (nSPS) is 11.6. The maximum atomic E-state index is 12.9. The first kappa shape index (κ1) is 23.3. The van der Waals surface area contributed by atoms with Crippen molar-refractivity contribution in [2.45, 2.75) is 25.9 Å². The molecule has 32 heavy (non-hydrogen) atoms. The molecule has 0 aliphatic rings. The zero-order chi connectivity index (χ0) is 23.3. The van der Waals surface area contributed by atoms with Crippen LogP contribution in [0.15, 0.2) is 48.8 Å². The molecule has 0 aliphatic carbocycles. The second-order valence-electron chi connectivity index (χ2n) is 7.23. The molecule has 3 rings (SSSR count). The Morgan fingerprint density at radius 2 is 1.81 bits per heavy atom. The van der Waals surface area contributed by atoms with Gasteiger partial charge in [0.2, 0.25) is 0 Å². The maximum Gasteiger partial charge on any atom is 0.417 e. The van der Waals surface area contributed by atoms with Gasteiger partial charge < -0.3 is 14.8 Å². The molecule has 2 aromatic heterocycles. The van der Waals surface area contributed by atoms with Gasteiger partial charge in [0, 0.05) is 19.0 Å². The van der Waals surface area contributed by atoms with Crippen LogP contribution in [0.5, 0.6) is 5.75 Å². The summed E-state index contributed by atoms with van der Waals surface area (Å²) in [6, 6.07) is 9.03. The molecule has 0 unspecified atom stereocenters. The van der Waals surface area contributed by atoms with Crippen molar-refractivity contribution in [2.75, 3.05) is 25.6 Å². The number of aromatic nitrogens is 3. The van der Waals surface area contributed by atoms with E-state index in [0.717, 1.165) is 12.3 Å². The van der Waals surface area contributed by atoms with Gasteiger partial charge in [-0.2, -0.15) is 18.3 Å². The molecule has 3 aromatic rings. The van der Waals surface area contributed by atoms with E-state index in [4.69, 9.17) is 9.47 Å². The van der Waals surface area contributed by atoms with Gasteiger partial charge in [-0.25, -0.2) is 9.67 Å². The van der Waals surface area contributed by atoms with Gasteiger partial charge in [0.1, 0.15) is 12.4 Å². The minimum atomic E-state index is -4.48. The summed E-state index contributed by atoms with van der Waals surface area (Å²) in [5.74, 6) is 0.307. The number of anilines is 1. The van der Waals surface area contributed by atoms with Crippen LogP contribution in [0, 0.1) is 0 Å². The zero-order valence-corrected chi connectivity index (χ0v) is 17.8. The average molecular weight is 448 g/mol. The number of methoxy groups -OCH3 is 1. The highest BCUT2D eigenvalue weighted by Gasteiger charge is 2.31. The van der Waals surface area contributed by atoms with Crippen LogP contribution in [0.1, 0.15) is 41.4 Å². The molecule has 1 amide bonds. The van der Waals surface area contributed by atoms with Crippen molar-refractivity contribution in [3.8, 4) is 11.6 Å². The summed E-state index contributed by atoms with van der Waals surface area (Å²) in [6.45, 7) is 4.60. The van der Waals surface area contributed by atoms with Crippen molar-refractivity contribution in [1.82, 2.24) is 14.8 Å². The molecule has 7 nitrogen and oxygen atoms in total. The number of rotatable bonds is 8. The molecule has 0 aliphatic heterocycles. The number of alkyl halides is 3. The summed E-state index contributed by atoms with van der Waals surface area (Å²) in [7, 11) is 1.59. The molecule has 1 N–H and O–H groups in total. The van der Waals surface area contributed by atoms with Crippen LogP contribution in [0.25, 0.3) is 5.82 Å². The average Bonchev–Trinajstić information content (AvgIpc) is 3.20. The lowest BCUT2D eigenvalue weighted by atomic mass is 10.1. The zero-order valence-electron chi connectivity index (χ0n) is 17.8. The molecule has 0 saturated heterocycles. The van der Waals surface area contributed by atoms with Crippen LogP contribution in [-0.4, -0.2) is 41.0 Å². The molecular weight excluding hydrogens is 425 g/mol. The van der Waals surface area contributed by atoms with Gasteiger partial charge in [0.15, 0.2) is 5.82 Å². The number of carbonyl (C=O) groups excluding carboxylic acids is 1. The fraction of sp³-hybridized carbons (Fsp3) is 0.318. The van der Waals surface area contributed by atoms with Gasteiger partial charge in [-0.15, -0.1) is 0 Å². The summed E-state index contributed by atoms with van der Waals surface area (Å²) in [6.07, 6.45) is -2.35. The summed E-state index contributed by atoms with van der Waals surface area (Å²) in [5, 5.41) is 7.00. The molecule has 170 valence electrons. The fourth-order valence-electron chi connectivity index (χ4n) is 3.03. The van der Waals surface area contributed by atoms with E-state index in [9.17, 15) is 18.0 Å². The molecule has 0 saturated carbocycles. The summed E-state index contributed by atoms with van der Waals surface area (Å²) < 4.78 is 50.3. The smallest absolute Gasteiger partial charge is 0.417 e. The molecule has 2 heterocycles. The minimum Gasteiger partial charge on any atom is -0.491 e. The minimum absolute atomic E-state index is 0.140. The number of nitrogens with zero attached hydrogens (tertiary/aromatic N) is 3. The predicted octanol–water partition coefficient (Wildman–Crippen LogP) is 4.69. The lowest BCUT2D eigenvalue weighted by Gasteiger charge is -2.13. The molecule has 10 heteroatoms. The number of pyridine rings is 1. The Morgan fingerprint density at radius 3 is 2.38 bits per heavy atom. The Kier molecular flexibility index (Phi) is 7.14. The maximum absolute atomic E-state index is 12.9. The Bertz CT molecular complexity index is 1050. The largest absolute Gasteiger partial charge is 0.491 e. The number of halogens is 3. The van der Waals surface area contributed by atoms with E-state index < -0.39 is 11.7 Å². The van der Waals surface area contributed by atoms with Crippen LogP contribution >= 0.6 is 0 Å². The highest BCUT2D eigenvalue weighted by Crippen LogP contribution is 2.29. The Hall–Kier alpha value is -3.40. The first-order valence-corrected chi connectivity index (χ1v) is 9.85. The highest BCUT2D eigenvalue weighted by atomic mass is 19.4. The SMILES string of the molecule is COCCOc1ccc(NC(=O)c2cnn(-c3ccc(C(F)(F)F)cn3)c2C(C)C)cc1. The van der Waals surface area contributed by atoms with Crippen molar-refractivity contribution < 1.29 is 27.4 Å². The quantitative estimate of drug-likeness (QED) is 0.506. The molecule has 1 aromatic carbocycles. The van der Waals surface area contributed by atoms with Crippen molar-refractivity contribution in [3.05, 3.63) is 65.6 Å². The van der Waals surface area contributed by atoms with Crippen molar-refractivity contribution in [1.29, 1.82) is 0 Å². The van der Waals surface area contributed by atoms with E-state index in [1.54, 1.807) is 31.4 Å². The van der Waals surface area contributed by atoms with Gasteiger partial charge in [-0.05, 0) is 42.3 Å². The first-order valence-electron chi connectivity index (χ1n) is 9.85. The van der Waals surface area contributed by atoms with E-state index in [1.165, 1.54) is 16.9 Å². The number of amides is 1. The lowest BCUT2D eigenvalue weighted by molar-refractivity contribution is -0.137. The summed E-state index contributed by atoms with van der Waals surface area (Å²) >= 11 is 0. The topological polar surface area (TPSA) is 78.3 Å². The molecular formula is C22H23F3N4O3. The van der Waals surface area contributed by atoms with E-state index >= 15 is 0 Å². The number of carbonyl (C=O) groups is 1. The third kappa shape index (κ3) is 5.44. The third-order valence-corrected chi connectivity index (χ3v) is 4.56.